The normalized spacial score (nSPS) is 15.2. The Hall–Kier alpha value is -1.84. The van der Waals surface area contributed by atoms with Crippen molar-refractivity contribution in [1.82, 2.24) is 4.90 Å². The van der Waals surface area contributed by atoms with Crippen LogP contribution in [0.25, 0.3) is 0 Å². The molecule has 4 heteroatoms. The first-order valence-electron chi connectivity index (χ1n) is 8.37. The van der Waals surface area contributed by atoms with Crippen LogP contribution in [0.2, 0.25) is 0 Å². The van der Waals surface area contributed by atoms with E-state index in [0.717, 1.165) is 25.9 Å². The molecule has 0 unspecified atom stereocenters. The predicted octanol–water partition coefficient (Wildman–Crippen LogP) is 3.58. The number of carbonyl (C=O) groups excluding carboxylic acids is 1. The number of benzene rings is 2. The maximum atomic E-state index is 12.7. The van der Waals surface area contributed by atoms with Gasteiger partial charge in [-0.3, -0.25) is 4.79 Å². The minimum Gasteiger partial charge on any atom is -0.343 e. The average molecular weight is 345 g/mol. The third-order valence-corrected chi connectivity index (χ3v) is 4.67. The molecule has 0 saturated carbocycles. The van der Waals surface area contributed by atoms with E-state index in [-0.39, 0.29) is 30.3 Å². The maximum Gasteiger partial charge on any atom is 0.223 e. The lowest BCUT2D eigenvalue weighted by Gasteiger charge is -2.31. The van der Waals surface area contributed by atoms with Crippen molar-refractivity contribution in [3.8, 4) is 0 Å². The molecule has 128 valence electrons. The molecule has 1 aliphatic rings. The summed E-state index contributed by atoms with van der Waals surface area (Å²) in [7, 11) is 0. The molecule has 0 spiro atoms. The van der Waals surface area contributed by atoms with E-state index in [1.807, 2.05) is 41.3 Å². The highest BCUT2D eigenvalue weighted by molar-refractivity contribution is 5.85. The Bertz CT molecular complexity index is 585. The summed E-state index contributed by atoms with van der Waals surface area (Å²) in [5.74, 6) is 0.343. The molecule has 0 aliphatic carbocycles. The van der Waals surface area contributed by atoms with Gasteiger partial charge in [0.05, 0.1) is 0 Å². The van der Waals surface area contributed by atoms with Gasteiger partial charge in [-0.15, -0.1) is 12.4 Å². The summed E-state index contributed by atoms with van der Waals surface area (Å²) < 4.78 is 0. The second-order valence-electron chi connectivity index (χ2n) is 6.30. The van der Waals surface area contributed by atoms with Crippen molar-refractivity contribution in [2.45, 2.75) is 31.2 Å². The van der Waals surface area contributed by atoms with Crippen LogP contribution in [0.4, 0.5) is 0 Å². The van der Waals surface area contributed by atoms with Crippen molar-refractivity contribution in [3.05, 3.63) is 71.8 Å². The standard InChI is InChI=1S/C20H24N2O.ClH/c21-18-11-13-22(14-12-18)20(23)15-19(16-7-3-1-4-8-16)17-9-5-2-6-10-17;/h1-10,18-19H,11-15,21H2;1H. The molecule has 0 atom stereocenters. The summed E-state index contributed by atoms with van der Waals surface area (Å²) in [6.45, 7) is 1.58. The van der Waals surface area contributed by atoms with E-state index in [0.29, 0.717) is 6.42 Å². The van der Waals surface area contributed by atoms with Crippen LogP contribution in [0.1, 0.15) is 36.3 Å². The quantitative estimate of drug-likeness (QED) is 0.921. The Balaban J connectivity index is 0.00000208. The van der Waals surface area contributed by atoms with Gasteiger partial charge in [-0.2, -0.15) is 0 Å². The summed E-state index contributed by atoms with van der Waals surface area (Å²) in [4.78, 5) is 14.7. The highest BCUT2D eigenvalue weighted by Crippen LogP contribution is 2.29. The molecular formula is C20H25ClN2O. The number of hydrogen-bond acceptors (Lipinski definition) is 2. The number of hydrogen-bond donors (Lipinski definition) is 1. The van der Waals surface area contributed by atoms with Gasteiger partial charge in [0.2, 0.25) is 5.91 Å². The predicted molar refractivity (Wildman–Crippen MR) is 100 cm³/mol. The van der Waals surface area contributed by atoms with Gasteiger partial charge in [-0.05, 0) is 24.0 Å². The fourth-order valence-corrected chi connectivity index (χ4v) is 3.25. The Morgan fingerprint density at radius 3 is 1.88 bits per heavy atom. The van der Waals surface area contributed by atoms with Crippen LogP contribution < -0.4 is 5.73 Å². The zero-order valence-corrected chi connectivity index (χ0v) is 14.6. The Morgan fingerprint density at radius 2 is 1.42 bits per heavy atom. The topological polar surface area (TPSA) is 46.3 Å². The third kappa shape index (κ3) is 4.59. The van der Waals surface area contributed by atoms with Gasteiger partial charge in [-0.25, -0.2) is 0 Å². The summed E-state index contributed by atoms with van der Waals surface area (Å²) in [5.41, 5.74) is 8.33. The molecule has 2 aromatic carbocycles. The van der Waals surface area contributed by atoms with Gasteiger partial charge in [-0.1, -0.05) is 60.7 Å². The molecule has 3 rings (SSSR count). The van der Waals surface area contributed by atoms with E-state index in [4.69, 9.17) is 5.73 Å². The molecule has 1 fully saturated rings. The molecular weight excluding hydrogens is 320 g/mol. The number of rotatable bonds is 4. The van der Waals surface area contributed by atoms with Crippen molar-refractivity contribution in [2.75, 3.05) is 13.1 Å². The highest BCUT2D eigenvalue weighted by Gasteiger charge is 2.24. The van der Waals surface area contributed by atoms with Crippen LogP contribution in [-0.2, 0) is 4.79 Å². The Morgan fingerprint density at radius 1 is 0.958 bits per heavy atom. The summed E-state index contributed by atoms with van der Waals surface area (Å²) in [5, 5.41) is 0. The van der Waals surface area contributed by atoms with E-state index in [2.05, 4.69) is 24.3 Å². The number of piperidine rings is 1. The largest absolute Gasteiger partial charge is 0.343 e. The van der Waals surface area contributed by atoms with Crippen LogP contribution in [0.5, 0.6) is 0 Å². The van der Waals surface area contributed by atoms with Gasteiger partial charge >= 0.3 is 0 Å². The summed E-state index contributed by atoms with van der Waals surface area (Å²) >= 11 is 0. The van der Waals surface area contributed by atoms with E-state index in [1.54, 1.807) is 0 Å². The molecule has 1 aliphatic heterocycles. The van der Waals surface area contributed by atoms with E-state index in [1.165, 1.54) is 11.1 Å². The Kier molecular flexibility index (Phi) is 6.83. The van der Waals surface area contributed by atoms with Crippen LogP contribution >= 0.6 is 12.4 Å². The molecule has 2 N–H and O–H groups in total. The lowest BCUT2D eigenvalue weighted by molar-refractivity contribution is -0.132. The molecule has 3 nitrogen and oxygen atoms in total. The van der Waals surface area contributed by atoms with E-state index in [9.17, 15) is 4.79 Å². The second-order valence-corrected chi connectivity index (χ2v) is 6.30. The molecule has 0 radical (unpaired) electrons. The third-order valence-electron chi connectivity index (χ3n) is 4.67. The van der Waals surface area contributed by atoms with Crippen LogP contribution in [0, 0.1) is 0 Å². The monoisotopic (exact) mass is 344 g/mol. The van der Waals surface area contributed by atoms with Crippen molar-refractivity contribution in [3.63, 3.8) is 0 Å². The van der Waals surface area contributed by atoms with Gasteiger partial charge in [0.15, 0.2) is 0 Å². The van der Waals surface area contributed by atoms with Crippen molar-refractivity contribution in [2.24, 2.45) is 5.73 Å². The number of carbonyl (C=O) groups is 1. The zero-order chi connectivity index (χ0) is 16.1. The van der Waals surface area contributed by atoms with E-state index < -0.39 is 0 Å². The zero-order valence-electron chi connectivity index (χ0n) is 13.8. The SMILES string of the molecule is Cl.NC1CCN(C(=O)CC(c2ccccc2)c2ccccc2)CC1. The molecule has 1 saturated heterocycles. The molecule has 2 aromatic rings. The first-order valence-corrected chi connectivity index (χ1v) is 8.37. The molecule has 0 aromatic heterocycles. The summed E-state index contributed by atoms with van der Waals surface area (Å²) in [6.07, 6.45) is 2.34. The van der Waals surface area contributed by atoms with Gasteiger partial charge < -0.3 is 10.6 Å². The molecule has 0 bridgehead atoms. The van der Waals surface area contributed by atoms with Crippen LogP contribution in [0.3, 0.4) is 0 Å². The van der Waals surface area contributed by atoms with Crippen molar-refractivity contribution < 1.29 is 4.79 Å². The molecule has 1 heterocycles. The fourth-order valence-electron chi connectivity index (χ4n) is 3.25. The first-order chi connectivity index (χ1) is 11.2. The lowest BCUT2D eigenvalue weighted by atomic mass is 9.88. The smallest absolute Gasteiger partial charge is 0.223 e. The van der Waals surface area contributed by atoms with Gasteiger partial charge in [0.1, 0.15) is 0 Å². The first kappa shape index (κ1) is 18.5. The number of amides is 1. The van der Waals surface area contributed by atoms with Gasteiger partial charge in [0.25, 0.3) is 0 Å². The summed E-state index contributed by atoms with van der Waals surface area (Å²) in [6, 6.07) is 20.9. The fraction of sp³-hybridized carbons (Fsp3) is 0.350. The van der Waals surface area contributed by atoms with Gasteiger partial charge in [0, 0.05) is 31.5 Å². The number of nitrogens with zero attached hydrogens (tertiary/aromatic N) is 1. The lowest BCUT2D eigenvalue weighted by Crippen LogP contribution is -2.43. The Labute approximate surface area is 150 Å². The highest BCUT2D eigenvalue weighted by atomic mass is 35.5. The van der Waals surface area contributed by atoms with E-state index >= 15 is 0 Å². The minimum atomic E-state index is 0. The number of halogens is 1. The minimum absolute atomic E-state index is 0. The van der Waals surface area contributed by atoms with Crippen LogP contribution in [-0.4, -0.2) is 29.9 Å². The van der Waals surface area contributed by atoms with Crippen molar-refractivity contribution >= 4 is 18.3 Å². The molecule has 24 heavy (non-hydrogen) atoms. The van der Waals surface area contributed by atoms with Crippen LogP contribution in [0.15, 0.2) is 60.7 Å². The second kappa shape index (κ2) is 8.86. The average Bonchev–Trinajstić information content (AvgIpc) is 2.61. The maximum absolute atomic E-state index is 12.7. The number of nitrogens with two attached hydrogens (primary N) is 1. The van der Waals surface area contributed by atoms with Crippen molar-refractivity contribution in [1.29, 1.82) is 0 Å². The number of likely N-dealkylation sites (tertiary alicyclic amines) is 1. The molecule has 1 amide bonds.